The maximum atomic E-state index is 12.0. The molecule has 2 atom stereocenters. The Balaban J connectivity index is 2.93. The summed E-state index contributed by atoms with van der Waals surface area (Å²) in [5, 5.41) is -0.300. The lowest BCUT2D eigenvalue weighted by atomic mass is 9.95. The van der Waals surface area contributed by atoms with Crippen molar-refractivity contribution in [2.24, 2.45) is 11.8 Å². The number of hydrogen-bond donors (Lipinski definition) is 0. The van der Waals surface area contributed by atoms with Crippen molar-refractivity contribution in [1.29, 1.82) is 0 Å². The fraction of sp³-hybridized carbons (Fsp3) is 1.00. The summed E-state index contributed by atoms with van der Waals surface area (Å²) < 4.78 is 30.6. The SMILES string of the molecule is C[C@@H]1COC[C@@H](C)C1S(=O)(=O)N(C)C. The fourth-order valence-electron chi connectivity index (χ4n) is 2.02. The molecule has 0 radical (unpaired) electrons. The molecular formula is C9H19NO3S. The molecule has 0 spiro atoms. The summed E-state index contributed by atoms with van der Waals surface area (Å²) >= 11 is 0. The predicted molar refractivity (Wildman–Crippen MR) is 55.5 cm³/mol. The van der Waals surface area contributed by atoms with Gasteiger partial charge in [0.1, 0.15) is 0 Å². The Morgan fingerprint density at radius 2 is 1.57 bits per heavy atom. The first kappa shape index (κ1) is 11.9. The molecule has 0 amide bonds. The summed E-state index contributed by atoms with van der Waals surface area (Å²) in [6.07, 6.45) is 0. The van der Waals surface area contributed by atoms with Crippen molar-refractivity contribution in [3.8, 4) is 0 Å². The minimum atomic E-state index is -3.14. The van der Waals surface area contributed by atoms with Crippen molar-refractivity contribution in [3.05, 3.63) is 0 Å². The van der Waals surface area contributed by atoms with Crippen molar-refractivity contribution in [1.82, 2.24) is 4.31 Å². The van der Waals surface area contributed by atoms with Crippen molar-refractivity contribution >= 4 is 10.0 Å². The Labute approximate surface area is 86.3 Å². The topological polar surface area (TPSA) is 46.6 Å². The molecule has 0 aliphatic carbocycles. The van der Waals surface area contributed by atoms with E-state index < -0.39 is 10.0 Å². The standard InChI is InChI=1S/C9H19NO3S/c1-7-5-13-6-8(2)9(7)14(11,12)10(3)4/h7-9H,5-6H2,1-4H3/t7-,8-/m1/s1. The van der Waals surface area contributed by atoms with Crippen LogP contribution in [0.15, 0.2) is 0 Å². The lowest BCUT2D eigenvalue weighted by Gasteiger charge is -2.35. The molecule has 14 heavy (non-hydrogen) atoms. The number of hydrogen-bond acceptors (Lipinski definition) is 3. The molecule has 5 heteroatoms. The van der Waals surface area contributed by atoms with Crippen molar-refractivity contribution in [3.63, 3.8) is 0 Å². The summed E-state index contributed by atoms with van der Waals surface area (Å²) in [5.74, 6) is 0.150. The van der Waals surface area contributed by atoms with Gasteiger partial charge in [-0.05, 0) is 11.8 Å². The van der Waals surface area contributed by atoms with Crippen LogP contribution in [0.3, 0.4) is 0 Å². The quantitative estimate of drug-likeness (QED) is 0.684. The molecule has 1 fully saturated rings. The Hall–Kier alpha value is -0.130. The third-order valence-electron chi connectivity index (χ3n) is 2.74. The van der Waals surface area contributed by atoms with Crippen LogP contribution in [0.4, 0.5) is 0 Å². The number of nitrogens with zero attached hydrogens (tertiary/aromatic N) is 1. The van der Waals surface area contributed by atoms with E-state index in [1.807, 2.05) is 13.8 Å². The Kier molecular flexibility index (Phi) is 3.55. The number of sulfonamides is 1. The molecule has 1 saturated heterocycles. The van der Waals surface area contributed by atoms with Crippen molar-refractivity contribution in [2.45, 2.75) is 19.1 Å². The smallest absolute Gasteiger partial charge is 0.217 e. The van der Waals surface area contributed by atoms with Gasteiger partial charge in [-0.3, -0.25) is 0 Å². The molecule has 0 aromatic carbocycles. The van der Waals surface area contributed by atoms with Crippen molar-refractivity contribution < 1.29 is 13.2 Å². The molecule has 0 aromatic heterocycles. The van der Waals surface area contributed by atoms with Gasteiger partial charge in [0, 0.05) is 14.1 Å². The lowest BCUT2D eigenvalue weighted by molar-refractivity contribution is 0.0293. The van der Waals surface area contributed by atoms with Crippen LogP contribution in [-0.4, -0.2) is 45.3 Å². The second kappa shape index (κ2) is 4.16. The van der Waals surface area contributed by atoms with E-state index >= 15 is 0 Å². The molecule has 1 aliphatic rings. The summed E-state index contributed by atoms with van der Waals surface area (Å²) in [4.78, 5) is 0. The normalized spacial score (nSPS) is 30.9. The monoisotopic (exact) mass is 221 g/mol. The van der Waals surface area contributed by atoms with E-state index in [2.05, 4.69) is 0 Å². The lowest BCUT2D eigenvalue weighted by Crippen LogP contribution is -2.47. The summed E-state index contributed by atoms with van der Waals surface area (Å²) in [5.41, 5.74) is 0. The second-order valence-corrected chi connectivity index (χ2v) is 6.59. The van der Waals surface area contributed by atoms with Gasteiger partial charge in [0.15, 0.2) is 0 Å². The maximum absolute atomic E-state index is 12.0. The van der Waals surface area contributed by atoms with Gasteiger partial charge in [0.05, 0.1) is 18.5 Å². The van der Waals surface area contributed by atoms with E-state index in [0.717, 1.165) is 0 Å². The summed E-state index contributed by atoms with van der Waals surface area (Å²) in [6.45, 7) is 4.95. The number of rotatable bonds is 2. The highest BCUT2D eigenvalue weighted by Gasteiger charge is 2.39. The van der Waals surface area contributed by atoms with Gasteiger partial charge in [-0.2, -0.15) is 0 Å². The van der Waals surface area contributed by atoms with Crippen LogP contribution >= 0.6 is 0 Å². The van der Waals surface area contributed by atoms with Crippen LogP contribution in [0.1, 0.15) is 13.8 Å². The maximum Gasteiger partial charge on any atom is 0.217 e. The molecule has 84 valence electrons. The van der Waals surface area contributed by atoms with Crippen LogP contribution < -0.4 is 0 Å². The fourth-order valence-corrected chi connectivity index (χ4v) is 3.84. The van der Waals surface area contributed by atoms with Crippen LogP contribution in [0.5, 0.6) is 0 Å². The second-order valence-electron chi connectivity index (χ2n) is 4.28. The first-order chi connectivity index (χ1) is 6.37. The molecule has 1 aliphatic heterocycles. The zero-order valence-corrected chi connectivity index (χ0v) is 10.0. The molecule has 1 heterocycles. The molecule has 0 N–H and O–H groups in total. The van der Waals surface area contributed by atoms with Gasteiger partial charge < -0.3 is 4.74 Å². The van der Waals surface area contributed by atoms with E-state index in [0.29, 0.717) is 13.2 Å². The van der Waals surface area contributed by atoms with Crippen LogP contribution in [0, 0.1) is 11.8 Å². The van der Waals surface area contributed by atoms with Gasteiger partial charge in [-0.1, -0.05) is 13.8 Å². The Morgan fingerprint density at radius 3 is 1.93 bits per heavy atom. The summed E-state index contributed by atoms with van der Waals surface area (Å²) in [6, 6.07) is 0. The van der Waals surface area contributed by atoms with E-state index in [1.54, 1.807) is 14.1 Å². The third kappa shape index (κ3) is 2.10. The molecule has 0 bridgehead atoms. The van der Waals surface area contributed by atoms with E-state index in [1.165, 1.54) is 4.31 Å². The van der Waals surface area contributed by atoms with E-state index in [4.69, 9.17) is 4.74 Å². The molecule has 0 aromatic rings. The highest BCUT2D eigenvalue weighted by molar-refractivity contribution is 7.89. The first-order valence-corrected chi connectivity index (χ1v) is 6.36. The number of ether oxygens (including phenoxy) is 1. The molecule has 4 nitrogen and oxygen atoms in total. The summed E-state index contributed by atoms with van der Waals surface area (Å²) in [7, 11) is 0.0301. The molecular weight excluding hydrogens is 202 g/mol. The average Bonchev–Trinajstić information content (AvgIpc) is 2.02. The van der Waals surface area contributed by atoms with Crippen LogP contribution in [-0.2, 0) is 14.8 Å². The van der Waals surface area contributed by atoms with Crippen LogP contribution in [0.2, 0.25) is 0 Å². The molecule has 0 saturated carbocycles. The van der Waals surface area contributed by atoms with Crippen LogP contribution in [0.25, 0.3) is 0 Å². The molecule has 0 unspecified atom stereocenters. The van der Waals surface area contributed by atoms with Crippen molar-refractivity contribution in [2.75, 3.05) is 27.3 Å². The Bertz CT molecular complexity index is 276. The largest absolute Gasteiger partial charge is 0.381 e. The minimum absolute atomic E-state index is 0.0751. The predicted octanol–water partition coefficient (Wildman–Crippen LogP) is 0.549. The third-order valence-corrected chi connectivity index (χ3v) is 5.37. The molecule has 1 rings (SSSR count). The van der Waals surface area contributed by atoms with Gasteiger partial charge >= 0.3 is 0 Å². The highest BCUT2D eigenvalue weighted by atomic mass is 32.2. The zero-order chi connectivity index (χ0) is 10.9. The van der Waals surface area contributed by atoms with Gasteiger partial charge in [-0.15, -0.1) is 0 Å². The van der Waals surface area contributed by atoms with Gasteiger partial charge in [-0.25, -0.2) is 12.7 Å². The van der Waals surface area contributed by atoms with Gasteiger partial charge in [0.25, 0.3) is 0 Å². The highest BCUT2D eigenvalue weighted by Crippen LogP contribution is 2.27. The van der Waals surface area contributed by atoms with E-state index in [9.17, 15) is 8.42 Å². The first-order valence-electron chi connectivity index (χ1n) is 4.86. The van der Waals surface area contributed by atoms with E-state index in [-0.39, 0.29) is 17.1 Å². The Morgan fingerprint density at radius 1 is 1.14 bits per heavy atom. The minimum Gasteiger partial charge on any atom is -0.381 e. The van der Waals surface area contributed by atoms with Gasteiger partial charge in [0.2, 0.25) is 10.0 Å². The zero-order valence-electron chi connectivity index (χ0n) is 9.23. The average molecular weight is 221 g/mol.